The van der Waals surface area contributed by atoms with E-state index in [1.807, 2.05) is 19.9 Å². The summed E-state index contributed by atoms with van der Waals surface area (Å²) in [7, 11) is 0. The number of Topliss-reactive ketones (excluding diaryl/α,β-unsaturated/α-hetero) is 1. The lowest BCUT2D eigenvalue weighted by atomic mass is 9.97. The molecular formula is C15H23NO. The van der Waals surface area contributed by atoms with E-state index in [-0.39, 0.29) is 11.3 Å². The summed E-state index contributed by atoms with van der Waals surface area (Å²) in [6.45, 7) is 12.7. The van der Waals surface area contributed by atoms with Crippen molar-refractivity contribution in [3.8, 4) is 0 Å². The second-order valence-corrected chi connectivity index (χ2v) is 5.78. The van der Waals surface area contributed by atoms with Crippen LogP contribution in [-0.2, 0) is 0 Å². The number of carbonyl (C=O) groups is 1. The molecule has 1 N–H and O–H groups in total. The van der Waals surface area contributed by atoms with Crippen molar-refractivity contribution in [1.29, 1.82) is 0 Å². The molecule has 0 aliphatic heterocycles. The molecule has 0 amide bonds. The van der Waals surface area contributed by atoms with Gasteiger partial charge in [-0.15, -0.1) is 0 Å². The number of rotatable bonds is 3. The third-order valence-corrected chi connectivity index (χ3v) is 2.92. The Morgan fingerprint density at radius 1 is 1.06 bits per heavy atom. The molecule has 0 aliphatic rings. The van der Waals surface area contributed by atoms with Gasteiger partial charge in [0, 0.05) is 11.1 Å². The first-order valence-electron chi connectivity index (χ1n) is 6.07. The van der Waals surface area contributed by atoms with Crippen molar-refractivity contribution in [3.05, 3.63) is 34.4 Å². The van der Waals surface area contributed by atoms with Gasteiger partial charge in [-0.1, -0.05) is 6.07 Å². The van der Waals surface area contributed by atoms with Gasteiger partial charge in [0.05, 0.1) is 6.54 Å². The van der Waals surface area contributed by atoms with Crippen molar-refractivity contribution < 1.29 is 4.79 Å². The van der Waals surface area contributed by atoms with Gasteiger partial charge in [-0.25, -0.2) is 0 Å². The van der Waals surface area contributed by atoms with Gasteiger partial charge in [-0.2, -0.15) is 0 Å². The van der Waals surface area contributed by atoms with Crippen molar-refractivity contribution in [3.63, 3.8) is 0 Å². The topological polar surface area (TPSA) is 29.1 Å². The molecule has 0 atom stereocenters. The van der Waals surface area contributed by atoms with Crippen molar-refractivity contribution >= 4 is 5.78 Å². The van der Waals surface area contributed by atoms with E-state index < -0.39 is 0 Å². The van der Waals surface area contributed by atoms with Crippen LogP contribution < -0.4 is 5.32 Å². The first-order valence-corrected chi connectivity index (χ1v) is 6.07. The highest BCUT2D eigenvalue weighted by Gasteiger charge is 2.14. The highest BCUT2D eigenvalue weighted by Crippen LogP contribution is 2.16. The van der Waals surface area contributed by atoms with Gasteiger partial charge >= 0.3 is 0 Å². The quantitative estimate of drug-likeness (QED) is 0.812. The molecule has 0 aliphatic carbocycles. The molecule has 0 bridgehead atoms. The van der Waals surface area contributed by atoms with Gasteiger partial charge in [-0.3, -0.25) is 4.79 Å². The molecule has 0 aromatic heterocycles. The summed E-state index contributed by atoms with van der Waals surface area (Å²) in [5.74, 6) is 0.167. The van der Waals surface area contributed by atoms with Gasteiger partial charge < -0.3 is 5.32 Å². The summed E-state index contributed by atoms with van der Waals surface area (Å²) < 4.78 is 0. The third kappa shape index (κ3) is 3.97. The highest BCUT2D eigenvalue weighted by molar-refractivity contribution is 5.99. The highest BCUT2D eigenvalue weighted by atomic mass is 16.1. The van der Waals surface area contributed by atoms with E-state index >= 15 is 0 Å². The first kappa shape index (κ1) is 13.9. The van der Waals surface area contributed by atoms with E-state index in [9.17, 15) is 4.79 Å². The maximum Gasteiger partial charge on any atom is 0.176 e. The van der Waals surface area contributed by atoms with Crippen molar-refractivity contribution in [2.75, 3.05) is 6.54 Å². The van der Waals surface area contributed by atoms with Crippen molar-refractivity contribution in [2.45, 2.75) is 47.1 Å². The molecule has 2 heteroatoms. The Kier molecular flexibility index (Phi) is 4.10. The van der Waals surface area contributed by atoms with E-state index in [1.54, 1.807) is 0 Å². The lowest BCUT2D eigenvalue weighted by Gasteiger charge is -2.20. The Labute approximate surface area is 104 Å². The molecule has 0 spiro atoms. The number of nitrogens with one attached hydrogen (secondary N) is 1. The average molecular weight is 233 g/mol. The second-order valence-electron chi connectivity index (χ2n) is 5.78. The summed E-state index contributed by atoms with van der Waals surface area (Å²) in [6, 6.07) is 4.08. The van der Waals surface area contributed by atoms with Crippen LogP contribution in [0.3, 0.4) is 0 Å². The maximum atomic E-state index is 12.1. The molecule has 1 rings (SSSR count). The standard InChI is InChI=1S/C15H23NO/c1-10-7-12(3)13(8-11(10)2)14(17)9-16-15(4,5)6/h7-8,16H,9H2,1-6H3. The minimum absolute atomic E-state index is 0.0245. The summed E-state index contributed by atoms with van der Waals surface area (Å²) >= 11 is 0. The fraction of sp³-hybridized carbons (Fsp3) is 0.533. The van der Waals surface area contributed by atoms with Crippen LogP contribution in [0.5, 0.6) is 0 Å². The number of hydrogen-bond donors (Lipinski definition) is 1. The second kappa shape index (κ2) is 5.01. The van der Waals surface area contributed by atoms with Gasteiger partial charge in [0.2, 0.25) is 0 Å². The van der Waals surface area contributed by atoms with E-state index in [0.717, 1.165) is 11.1 Å². The molecule has 0 radical (unpaired) electrons. The predicted octanol–water partition coefficient (Wildman–Crippen LogP) is 3.18. The van der Waals surface area contributed by atoms with Crippen LogP contribution in [0, 0.1) is 20.8 Å². The zero-order chi connectivity index (χ0) is 13.2. The van der Waals surface area contributed by atoms with Crippen LogP contribution in [0.25, 0.3) is 0 Å². The van der Waals surface area contributed by atoms with Gasteiger partial charge in [0.1, 0.15) is 0 Å². The fourth-order valence-corrected chi connectivity index (χ4v) is 1.70. The minimum Gasteiger partial charge on any atom is -0.305 e. The summed E-state index contributed by atoms with van der Waals surface area (Å²) in [6.07, 6.45) is 0. The molecular weight excluding hydrogens is 210 g/mol. The van der Waals surface area contributed by atoms with E-state index in [2.05, 4.69) is 39.1 Å². The molecule has 2 nitrogen and oxygen atoms in total. The summed E-state index contributed by atoms with van der Waals surface area (Å²) in [5, 5.41) is 3.23. The Morgan fingerprint density at radius 3 is 2.12 bits per heavy atom. The molecule has 1 aromatic rings. The van der Waals surface area contributed by atoms with Crippen LogP contribution in [0.15, 0.2) is 12.1 Å². The zero-order valence-electron chi connectivity index (χ0n) is 11.8. The van der Waals surface area contributed by atoms with Crippen LogP contribution >= 0.6 is 0 Å². The third-order valence-electron chi connectivity index (χ3n) is 2.92. The first-order chi connectivity index (χ1) is 7.70. The number of ketones is 1. The van der Waals surface area contributed by atoms with Gasteiger partial charge in [0.15, 0.2) is 5.78 Å². The largest absolute Gasteiger partial charge is 0.305 e. The summed E-state index contributed by atoms with van der Waals surface area (Å²) in [5.41, 5.74) is 4.29. The SMILES string of the molecule is Cc1cc(C)c(C(=O)CNC(C)(C)C)cc1C. The van der Waals surface area contributed by atoms with E-state index in [1.165, 1.54) is 11.1 Å². The number of hydrogen-bond acceptors (Lipinski definition) is 2. The molecule has 0 saturated heterocycles. The summed E-state index contributed by atoms with van der Waals surface area (Å²) in [4.78, 5) is 12.1. The Bertz CT molecular complexity index is 427. The molecule has 1 aromatic carbocycles. The molecule has 0 fully saturated rings. The molecule has 0 heterocycles. The predicted molar refractivity (Wildman–Crippen MR) is 72.7 cm³/mol. The average Bonchev–Trinajstić information content (AvgIpc) is 2.19. The lowest BCUT2D eigenvalue weighted by Crippen LogP contribution is -2.39. The normalized spacial score (nSPS) is 11.6. The fourth-order valence-electron chi connectivity index (χ4n) is 1.70. The van der Waals surface area contributed by atoms with Gasteiger partial charge in [-0.05, 0) is 64.3 Å². The lowest BCUT2D eigenvalue weighted by molar-refractivity contribution is 0.0981. The van der Waals surface area contributed by atoms with Crippen molar-refractivity contribution in [1.82, 2.24) is 5.32 Å². The Morgan fingerprint density at radius 2 is 1.59 bits per heavy atom. The zero-order valence-corrected chi connectivity index (χ0v) is 11.8. The number of aryl methyl sites for hydroxylation is 3. The molecule has 17 heavy (non-hydrogen) atoms. The maximum absolute atomic E-state index is 12.1. The monoisotopic (exact) mass is 233 g/mol. The smallest absolute Gasteiger partial charge is 0.176 e. The van der Waals surface area contributed by atoms with Crippen LogP contribution in [0.2, 0.25) is 0 Å². The number of benzene rings is 1. The number of carbonyl (C=O) groups excluding carboxylic acids is 1. The Hall–Kier alpha value is -1.15. The van der Waals surface area contributed by atoms with Crippen LogP contribution in [0.1, 0.15) is 47.8 Å². The molecule has 94 valence electrons. The van der Waals surface area contributed by atoms with Gasteiger partial charge in [0.25, 0.3) is 0 Å². The minimum atomic E-state index is -0.0245. The van der Waals surface area contributed by atoms with Crippen LogP contribution in [0.4, 0.5) is 0 Å². The molecule has 0 unspecified atom stereocenters. The van der Waals surface area contributed by atoms with Crippen molar-refractivity contribution in [2.24, 2.45) is 0 Å². The molecule has 0 saturated carbocycles. The van der Waals surface area contributed by atoms with Crippen LogP contribution in [-0.4, -0.2) is 17.9 Å². The van der Waals surface area contributed by atoms with E-state index in [4.69, 9.17) is 0 Å². The Balaban J connectivity index is 2.86. The van der Waals surface area contributed by atoms with E-state index in [0.29, 0.717) is 6.54 Å².